The Kier molecular flexibility index (Phi) is 5.39. The molecule has 0 fully saturated rings. The summed E-state index contributed by atoms with van der Waals surface area (Å²) < 4.78 is 0. The average Bonchev–Trinajstić information content (AvgIpc) is 3.20. The fraction of sp³-hybridized carbons (Fsp3) is 0. The van der Waals surface area contributed by atoms with Gasteiger partial charge in [-0.25, -0.2) is 4.98 Å². The molecule has 0 bridgehead atoms. The predicted octanol–water partition coefficient (Wildman–Crippen LogP) is 6.16. The minimum Gasteiger partial charge on any atom is -0.321 e. The molecule has 1 N–H and O–H groups in total. The summed E-state index contributed by atoms with van der Waals surface area (Å²) in [5.74, 6) is -0.491. The van der Waals surface area contributed by atoms with E-state index in [9.17, 15) is 10.1 Å². The zero-order valence-electron chi connectivity index (χ0n) is 15.1. The first-order valence-electron chi connectivity index (χ1n) is 8.75. The molecule has 2 aromatic heterocycles. The maximum atomic E-state index is 12.5. The Balaban J connectivity index is 1.62. The number of nitrogens with zero attached hydrogens (tertiary/aromatic N) is 2. The molecule has 6 heteroatoms. The molecule has 0 aliphatic rings. The van der Waals surface area contributed by atoms with Crippen LogP contribution in [0.15, 0.2) is 77.8 Å². The highest BCUT2D eigenvalue weighted by Crippen LogP contribution is 2.32. The number of hydrogen-bond donors (Lipinski definition) is 1. The van der Waals surface area contributed by atoms with E-state index in [1.807, 2.05) is 35.7 Å². The summed E-state index contributed by atoms with van der Waals surface area (Å²) in [4.78, 5) is 17.1. The zero-order valence-corrected chi connectivity index (χ0v) is 16.7. The number of nitrogens with one attached hydrogen (secondary N) is 1. The lowest BCUT2D eigenvalue weighted by molar-refractivity contribution is -0.112. The molecule has 2 heterocycles. The molecule has 4 rings (SSSR count). The van der Waals surface area contributed by atoms with Gasteiger partial charge in [0.15, 0.2) is 0 Å². The summed E-state index contributed by atoms with van der Waals surface area (Å²) in [6.45, 7) is 0. The predicted molar refractivity (Wildman–Crippen MR) is 119 cm³/mol. The molecule has 4 nitrogen and oxygen atoms in total. The van der Waals surface area contributed by atoms with Crippen LogP contribution in [0.1, 0.15) is 4.88 Å². The number of carbonyl (C=O) groups is 1. The normalized spacial score (nSPS) is 11.2. The SMILES string of the molecule is N#C/C(=C\c1cc(-c2cccc3ccccc23)cs1)C(=O)Nc1ccnc(Cl)c1. The lowest BCUT2D eigenvalue weighted by atomic mass is 10.00. The van der Waals surface area contributed by atoms with Crippen LogP contribution in [0, 0.1) is 11.3 Å². The quantitative estimate of drug-likeness (QED) is 0.246. The van der Waals surface area contributed by atoms with E-state index < -0.39 is 5.91 Å². The number of thiophene rings is 1. The van der Waals surface area contributed by atoms with Crippen molar-refractivity contribution in [3.63, 3.8) is 0 Å². The number of nitriles is 1. The summed E-state index contributed by atoms with van der Waals surface area (Å²) in [5.41, 5.74) is 2.67. The van der Waals surface area contributed by atoms with E-state index in [1.165, 1.54) is 29.0 Å². The summed E-state index contributed by atoms with van der Waals surface area (Å²) in [5, 5.41) is 16.7. The van der Waals surface area contributed by atoms with Gasteiger partial charge in [0.25, 0.3) is 5.91 Å². The van der Waals surface area contributed by atoms with Gasteiger partial charge in [-0.15, -0.1) is 11.3 Å². The molecule has 29 heavy (non-hydrogen) atoms. The summed E-state index contributed by atoms with van der Waals surface area (Å²) >= 11 is 7.32. The van der Waals surface area contributed by atoms with Gasteiger partial charge < -0.3 is 5.32 Å². The molecule has 0 radical (unpaired) electrons. The third kappa shape index (κ3) is 4.19. The Labute approximate surface area is 176 Å². The second-order valence-corrected chi connectivity index (χ2v) is 7.59. The molecule has 140 valence electrons. The molecule has 0 aliphatic carbocycles. The Morgan fingerprint density at radius 1 is 1.14 bits per heavy atom. The number of amides is 1. The third-order valence-electron chi connectivity index (χ3n) is 4.36. The molecule has 0 saturated carbocycles. The molecule has 0 aliphatic heterocycles. The van der Waals surface area contributed by atoms with E-state index in [-0.39, 0.29) is 10.7 Å². The van der Waals surface area contributed by atoms with Crippen LogP contribution in [0.4, 0.5) is 5.69 Å². The van der Waals surface area contributed by atoms with Crippen molar-refractivity contribution in [3.05, 3.63) is 87.8 Å². The van der Waals surface area contributed by atoms with Crippen molar-refractivity contribution in [1.82, 2.24) is 4.98 Å². The molecule has 0 saturated heterocycles. The number of rotatable bonds is 4. The van der Waals surface area contributed by atoms with E-state index in [2.05, 4.69) is 34.6 Å². The van der Waals surface area contributed by atoms with Crippen LogP contribution in [-0.4, -0.2) is 10.9 Å². The highest BCUT2D eigenvalue weighted by atomic mass is 35.5. The Morgan fingerprint density at radius 3 is 2.79 bits per heavy atom. The van der Waals surface area contributed by atoms with Gasteiger partial charge in [0.1, 0.15) is 16.8 Å². The van der Waals surface area contributed by atoms with Crippen LogP contribution >= 0.6 is 22.9 Å². The minimum atomic E-state index is -0.491. The molecule has 4 aromatic rings. The first-order valence-corrected chi connectivity index (χ1v) is 10.0. The number of carbonyl (C=O) groups excluding carboxylic acids is 1. The smallest absolute Gasteiger partial charge is 0.266 e. The monoisotopic (exact) mass is 415 g/mol. The molecule has 0 atom stereocenters. The second-order valence-electron chi connectivity index (χ2n) is 6.26. The summed E-state index contributed by atoms with van der Waals surface area (Å²) in [6, 6.07) is 21.5. The van der Waals surface area contributed by atoms with Crippen LogP contribution in [0.3, 0.4) is 0 Å². The molecule has 2 aromatic carbocycles. The molecular formula is C23H14ClN3OS. The highest BCUT2D eigenvalue weighted by Gasteiger charge is 2.12. The number of fused-ring (bicyclic) bond motifs is 1. The van der Waals surface area contributed by atoms with Gasteiger partial charge in [0.2, 0.25) is 0 Å². The number of pyridine rings is 1. The first kappa shape index (κ1) is 18.9. The van der Waals surface area contributed by atoms with Crippen molar-refractivity contribution >= 4 is 51.4 Å². The van der Waals surface area contributed by atoms with E-state index in [0.29, 0.717) is 5.69 Å². The average molecular weight is 416 g/mol. The first-order chi connectivity index (χ1) is 14.1. The second kappa shape index (κ2) is 8.27. The molecule has 1 amide bonds. The lowest BCUT2D eigenvalue weighted by Gasteiger charge is -2.04. The van der Waals surface area contributed by atoms with E-state index in [0.717, 1.165) is 21.4 Å². The fourth-order valence-electron chi connectivity index (χ4n) is 3.02. The van der Waals surface area contributed by atoms with Crippen molar-refractivity contribution in [2.75, 3.05) is 5.32 Å². The Bertz CT molecular complexity index is 1280. The van der Waals surface area contributed by atoms with Crippen LogP contribution < -0.4 is 5.32 Å². The van der Waals surface area contributed by atoms with Crippen LogP contribution in [0.25, 0.3) is 28.0 Å². The Hall–Kier alpha value is -3.46. The zero-order chi connectivity index (χ0) is 20.2. The van der Waals surface area contributed by atoms with E-state index in [4.69, 9.17) is 11.6 Å². The maximum Gasteiger partial charge on any atom is 0.266 e. The van der Waals surface area contributed by atoms with Crippen LogP contribution in [0.5, 0.6) is 0 Å². The highest BCUT2D eigenvalue weighted by molar-refractivity contribution is 7.11. The third-order valence-corrected chi connectivity index (χ3v) is 5.44. The van der Waals surface area contributed by atoms with Gasteiger partial charge in [0, 0.05) is 16.8 Å². The number of anilines is 1. The van der Waals surface area contributed by atoms with E-state index in [1.54, 1.807) is 12.1 Å². The van der Waals surface area contributed by atoms with Gasteiger partial charge in [-0.3, -0.25) is 4.79 Å². The summed E-state index contributed by atoms with van der Waals surface area (Å²) in [6.07, 6.45) is 3.08. The van der Waals surface area contributed by atoms with Crippen molar-refractivity contribution in [2.45, 2.75) is 0 Å². The number of hydrogen-bond acceptors (Lipinski definition) is 4. The summed E-state index contributed by atoms with van der Waals surface area (Å²) in [7, 11) is 0. The van der Waals surface area contributed by atoms with Crippen molar-refractivity contribution < 1.29 is 4.79 Å². The number of aromatic nitrogens is 1. The van der Waals surface area contributed by atoms with Crippen molar-refractivity contribution in [3.8, 4) is 17.2 Å². The minimum absolute atomic E-state index is 0.0178. The Morgan fingerprint density at radius 2 is 1.97 bits per heavy atom. The van der Waals surface area contributed by atoms with Gasteiger partial charge in [0.05, 0.1) is 0 Å². The number of halogens is 1. The molecule has 0 unspecified atom stereocenters. The fourth-order valence-corrected chi connectivity index (χ4v) is 4.03. The van der Waals surface area contributed by atoms with Crippen LogP contribution in [-0.2, 0) is 4.79 Å². The molecular weight excluding hydrogens is 402 g/mol. The molecule has 0 spiro atoms. The van der Waals surface area contributed by atoms with Crippen LogP contribution in [0.2, 0.25) is 5.15 Å². The standard InChI is InChI=1S/C23H14ClN3OS/c24-22-12-18(8-9-26-22)27-23(28)16(13-25)10-19-11-17(14-29-19)21-7-3-5-15-4-1-2-6-20(15)21/h1-12,14H,(H,26,27,28)/b16-10+. The van der Waals surface area contributed by atoms with Gasteiger partial charge >= 0.3 is 0 Å². The van der Waals surface area contributed by atoms with Gasteiger partial charge in [-0.05, 0) is 51.6 Å². The van der Waals surface area contributed by atoms with Gasteiger partial charge in [-0.2, -0.15) is 5.26 Å². The van der Waals surface area contributed by atoms with Crippen molar-refractivity contribution in [2.24, 2.45) is 0 Å². The maximum absolute atomic E-state index is 12.5. The van der Waals surface area contributed by atoms with Gasteiger partial charge in [-0.1, -0.05) is 54.1 Å². The topological polar surface area (TPSA) is 65.8 Å². The van der Waals surface area contributed by atoms with E-state index >= 15 is 0 Å². The largest absolute Gasteiger partial charge is 0.321 e. The number of benzene rings is 2. The lowest BCUT2D eigenvalue weighted by Crippen LogP contribution is -2.13. The van der Waals surface area contributed by atoms with Crippen molar-refractivity contribution in [1.29, 1.82) is 5.26 Å².